The largest absolute Gasteiger partial charge is 0.345 e. The van der Waals surface area contributed by atoms with Crippen LogP contribution >= 0.6 is 0 Å². The number of rotatable bonds is 9. The first-order valence-electron chi connectivity index (χ1n) is 15.0. The summed E-state index contributed by atoms with van der Waals surface area (Å²) in [5.74, 6) is 0.170. The highest BCUT2D eigenvalue weighted by atomic mass is 16.2. The molecule has 2 aliphatic heterocycles. The minimum atomic E-state index is 0.170. The normalized spacial score (nSPS) is 17.8. The number of aromatic nitrogens is 1. The molecule has 3 heterocycles. The molecule has 1 amide bonds. The van der Waals surface area contributed by atoms with E-state index >= 15 is 0 Å². The van der Waals surface area contributed by atoms with Crippen LogP contribution in [0.25, 0.3) is 10.9 Å². The smallest absolute Gasteiger partial charge is 0.253 e. The van der Waals surface area contributed by atoms with E-state index in [9.17, 15) is 4.79 Å². The maximum absolute atomic E-state index is 13.2. The Morgan fingerprint density at radius 1 is 0.795 bits per heavy atom. The molecule has 2 aromatic carbocycles. The van der Waals surface area contributed by atoms with Crippen LogP contribution in [0.15, 0.2) is 42.5 Å². The SMILES string of the molecule is CCCN1CCN(C(=O)c2cccc(Cc3ccc4c(c3)c(C)c(C)n4CCCN3CCN(C)CC3)c2)CC1. The number of amides is 1. The molecule has 2 fully saturated rings. The summed E-state index contributed by atoms with van der Waals surface area (Å²) in [5.41, 5.74) is 7.43. The number of fused-ring (bicyclic) bond motifs is 1. The minimum absolute atomic E-state index is 0.170. The van der Waals surface area contributed by atoms with Gasteiger partial charge in [0, 0.05) is 81.1 Å². The molecule has 0 spiro atoms. The van der Waals surface area contributed by atoms with Gasteiger partial charge in [0.25, 0.3) is 5.91 Å². The molecular formula is C33H47N5O. The Kier molecular flexibility index (Phi) is 9.06. The van der Waals surface area contributed by atoms with Gasteiger partial charge in [-0.1, -0.05) is 25.1 Å². The van der Waals surface area contributed by atoms with Crippen molar-refractivity contribution in [2.75, 3.05) is 72.5 Å². The second-order valence-electron chi connectivity index (χ2n) is 11.7. The number of carbonyl (C=O) groups is 1. The van der Waals surface area contributed by atoms with E-state index in [1.54, 1.807) is 0 Å². The molecule has 0 unspecified atom stereocenters. The van der Waals surface area contributed by atoms with E-state index in [1.807, 2.05) is 17.0 Å². The molecule has 6 nitrogen and oxygen atoms in total. The second kappa shape index (κ2) is 12.7. The average Bonchev–Trinajstić information content (AvgIpc) is 3.19. The van der Waals surface area contributed by atoms with Crippen molar-refractivity contribution >= 4 is 16.8 Å². The predicted molar refractivity (Wildman–Crippen MR) is 162 cm³/mol. The van der Waals surface area contributed by atoms with Crippen molar-refractivity contribution < 1.29 is 4.79 Å². The zero-order valence-electron chi connectivity index (χ0n) is 24.6. The van der Waals surface area contributed by atoms with Crippen molar-refractivity contribution in [3.05, 3.63) is 70.4 Å². The third kappa shape index (κ3) is 6.56. The van der Waals surface area contributed by atoms with Crippen LogP contribution in [-0.4, -0.2) is 103 Å². The van der Waals surface area contributed by atoms with E-state index in [1.165, 1.54) is 78.9 Å². The van der Waals surface area contributed by atoms with E-state index in [2.05, 4.69) is 77.4 Å². The van der Waals surface area contributed by atoms with Gasteiger partial charge < -0.3 is 19.3 Å². The van der Waals surface area contributed by atoms with Crippen LogP contribution in [0, 0.1) is 13.8 Å². The van der Waals surface area contributed by atoms with Crippen LogP contribution in [0.4, 0.5) is 0 Å². The molecule has 0 aliphatic carbocycles. The van der Waals surface area contributed by atoms with Gasteiger partial charge in [-0.15, -0.1) is 0 Å². The van der Waals surface area contributed by atoms with Crippen molar-refractivity contribution in [1.29, 1.82) is 0 Å². The predicted octanol–water partition coefficient (Wildman–Crippen LogP) is 4.65. The maximum atomic E-state index is 13.2. The van der Waals surface area contributed by atoms with Crippen molar-refractivity contribution in [2.45, 2.75) is 46.6 Å². The summed E-state index contributed by atoms with van der Waals surface area (Å²) >= 11 is 0. The Labute approximate surface area is 235 Å². The fraction of sp³-hybridized carbons (Fsp3) is 0.545. The Balaban J connectivity index is 1.23. The molecule has 2 saturated heterocycles. The molecule has 3 aromatic rings. The zero-order chi connectivity index (χ0) is 27.4. The molecule has 210 valence electrons. The van der Waals surface area contributed by atoms with Gasteiger partial charge in [0.1, 0.15) is 0 Å². The van der Waals surface area contributed by atoms with Gasteiger partial charge in [-0.05, 0) is 94.2 Å². The van der Waals surface area contributed by atoms with Crippen LogP contribution in [-0.2, 0) is 13.0 Å². The molecule has 0 N–H and O–H groups in total. The first-order valence-corrected chi connectivity index (χ1v) is 15.0. The first-order chi connectivity index (χ1) is 18.9. The third-order valence-corrected chi connectivity index (χ3v) is 8.94. The summed E-state index contributed by atoms with van der Waals surface area (Å²) in [6, 6.07) is 15.2. The van der Waals surface area contributed by atoms with Crippen LogP contribution in [0.3, 0.4) is 0 Å². The monoisotopic (exact) mass is 529 g/mol. The highest BCUT2D eigenvalue weighted by Gasteiger charge is 2.22. The quantitative estimate of drug-likeness (QED) is 0.404. The lowest BCUT2D eigenvalue weighted by Crippen LogP contribution is -2.48. The fourth-order valence-electron chi connectivity index (χ4n) is 6.34. The standard InChI is InChI=1S/C33H47N5O/c1-5-12-35-19-21-37(22-20-35)33(39)30-9-6-8-28(24-30)23-29-10-11-32-31(25-29)26(2)27(3)38(32)14-7-13-36-17-15-34(4)16-18-36/h6,8-11,24-25H,5,7,12-23H2,1-4H3. The first kappa shape index (κ1) is 27.9. The van der Waals surface area contributed by atoms with Crippen LogP contribution < -0.4 is 0 Å². The van der Waals surface area contributed by atoms with Gasteiger partial charge in [-0.3, -0.25) is 9.69 Å². The van der Waals surface area contributed by atoms with Gasteiger partial charge in [-0.2, -0.15) is 0 Å². The van der Waals surface area contributed by atoms with Crippen LogP contribution in [0.5, 0.6) is 0 Å². The van der Waals surface area contributed by atoms with Crippen LogP contribution in [0.2, 0.25) is 0 Å². The summed E-state index contributed by atoms with van der Waals surface area (Å²) in [6.45, 7) is 18.5. The van der Waals surface area contributed by atoms with E-state index in [0.29, 0.717) is 0 Å². The van der Waals surface area contributed by atoms with E-state index < -0.39 is 0 Å². The Hall–Kier alpha value is -2.67. The fourth-order valence-corrected chi connectivity index (χ4v) is 6.34. The van der Waals surface area contributed by atoms with Crippen molar-refractivity contribution in [3.63, 3.8) is 0 Å². The molecular weight excluding hydrogens is 482 g/mol. The summed E-state index contributed by atoms with van der Waals surface area (Å²) in [4.78, 5) is 22.7. The highest BCUT2D eigenvalue weighted by Crippen LogP contribution is 2.28. The number of nitrogens with zero attached hydrogens (tertiary/aromatic N) is 5. The molecule has 0 atom stereocenters. The van der Waals surface area contributed by atoms with Gasteiger partial charge >= 0.3 is 0 Å². The third-order valence-electron chi connectivity index (χ3n) is 8.94. The summed E-state index contributed by atoms with van der Waals surface area (Å²) in [7, 11) is 2.22. The molecule has 6 heteroatoms. The maximum Gasteiger partial charge on any atom is 0.253 e. The van der Waals surface area contributed by atoms with Crippen molar-refractivity contribution in [2.24, 2.45) is 0 Å². The number of hydrogen-bond donors (Lipinski definition) is 0. The number of aryl methyl sites for hydroxylation is 2. The average molecular weight is 530 g/mol. The van der Waals surface area contributed by atoms with Gasteiger partial charge in [0.2, 0.25) is 0 Å². The number of likely N-dealkylation sites (N-methyl/N-ethyl adjacent to an activating group) is 1. The highest BCUT2D eigenvalue weighted by molar-refractivity contribution is 5.94. The van der Waals surface area contributed by atoms with Crippen molar-refractivity contribution in [3.8, 4) is 0 Å². The molecule has 0 saturated carbocycles. The van der Waals surface area contributed by atoms with Crippen molar-refractivity contribution in [1.82, 2.24) is 24.2 Å². The molecule has 5 rings (SSSR count). The summed E-state index contributed by atoms with van der Waals surface area (Å²) in [6.07, 6.45) is 3.20. The van der Waals surface area contributed by atoms with Gasteiger partial charge in [0.15, 0.2) is 0 Å². The lowest BCUT2D eigenvalue weighted by atomic mass is 10.0. The molecule has 0 bridgehead atoms. The number of benzene rings is 2. The summed E-state index contributed by atoms with van der Waals surface area (Å²) < 4.78 is 2.52. The molecule has 39 heavy (non-hydrogen) atoms. The molecule has 1 aromatic heterocycles. The summed E-state index contributed by atoms with van der Waals surface area (Å²) in [5, 5.41) is 1.36. The van der Waals surface area contributed by atoms with Crippen LogP contribution in [0.1, 0.15) is 52.5 Å². The second-order valence-corrected chi connectivity index (χ2v) is 11.7. The van der Waals surface area contributed by atoms with Gasteiger partial charge in [-0.25, -0.2) is 0 Å². The Morgan fingerprint density at radius 2 is 1.49 bits per heavy atom. The lowest BCUT2D eigenvalue weighted by molar-refractivity contribution is 0.0637. The Morgan fingerprint density at radius 3 is 2.23 bits per heavy atom. The number of piperazine rings is 2. The lowest BCUT2D eigenvalue weighted by Gasteiger charge is -2.34. The Bertz CT molecular complexity index is 1260. The zero-order valence-corrected chi connectivity index (χ0v) is 24.6. The topological polar surface area (TPSA) is 35.0 Å². The van der Waals surface area contributed by atoms with E-state index in [0.717, 1.165) is 51.3 Å². The molecule has 0 radical (unpaired) electrons. The molecule has 2 aliphatic rings. The number of hydrogen-bond acceptors (Lipinski definition) is 4. The van der Waals surface area contributed by atoms with E-state index in [4.69, 9.17) is 0 Å². The minimum Gasteiger partial charge on any atom is -0.345 e. The number of carbonyl (C=O) groups excluding carboxylic acids is 1. The van der Waals surface area contributed by atoms with Gasteiger partial charge in [0.05, 0.1) is 0 Å². The van der Waals surface area contributed by atoms with E-state index in [-0.39, 0.29) is 5.91 Å².